The number of nitrogen functional groups attached to an aromatic ring is 3. The standard InChI is InChI=1S/C13H16N4O/c14-9-1-3-11(15)8(5-9)7-17-13-6-10(18)2-4-12(13)16/h1-6,17-18H,7,14-16H2. The van der Waals surface area contributed by atoms with Crippen molar-refractivity contribution < 1.29 is 5.11 Å². The van der Waals surface area contributed by atoms with Crippen LogP contribution in [0.5, 0.6) is 5.75 Å². The second kappa shape index (κ2) is 4.75. The fourth-order valence-electron chi connectivity index (χ4n) is 1.67. The summed E-state index contributed by atoms with van der Waals surface area (Å²) >= 11 is 0. The number of rotatable bonds is 3. The highest BCUT2D eigenvalue weighted by atomic mass is 16.3. The van der Waals surface area contributed by atoms with E-state index in [2.05, 4.69) is 5.32 Å². The van der Waals surface area contributed by atoms with Crippen LogP contribution in [-0.2, 0) is 6.54 Å². The summed E-state index contributed by atoms with van der Waals surface area (Å²) in [5.41, 5.74) is 20.8. The highest BCUT2D eigenvalue weighted by Crippen LogP contribution is 2.25. The quantitative estimate of drug-likeness (QED) is 0.417. The molecule has 0 unspecified atom stereocenters. The third kappa shape index (κ3) is 2.57. The molecule has 5 heteroatoms. The fourth-order valence-corrected chi connectivity index (χ4v) is 1.67. The van der Waals surface area contributed by atoms with E-state index in [1.807, 2.05) is 0 Å². The Labute approximate surface area is 105 Å². The van der Waals surface area contributed by atoms with Crippen molar-refractivity contribution in [1.29, 1.82) is 0 Å². The van der Waals surface area contributed by atoms with Gasteiger partial charge in [0.15, 0.2) is 0 Å². The van der Waals surface area contributed by atoms with E-state index in [0.717, 1.165) is 5.56 Å². The Morgan fingerprint density at radius 2 is 1.67 bits per heavy atom. The molecular weight excluding hydrogens is 228 g/mol. The number of nitrogens with one attached hydrogen (secondary N) is 1. The number of nitrogens with two attached hydrogens (primary N) is 3. The molecule has 0 aliphatic carbocycles. The van der Waals surface area contributed by atoms with Gasteiger partial charge in [-0.15, -0.1) is 0 Å². The number of phenols is 1. The van der Waals surface area contributed by atoms with Crippen LogP contribution < -0.4 is 22.5 Å². The number of anilines is 4. The molecule has 94 valence electrons. The van der Waals surface area contributed by atoms with Crippen LogP contribution in [0.2, 0.25) is 0 Å². The average molecular weight is 244 g/mol. The van der Waals surface area contributed by atoms with Crippen molar-refractivity contribution in [3.8, 4) is 5.75 Å². The van der Waals surface area contributed by atoms with E-state index in [9.17, 15) is 5.11 Å². The summed E-state index contributed by atoms with van der Waals surface area (Å²) in [6.45, 7) is 0.491. The predicted octanol–water partition coefficient (Wildman–Crippen LogP) is 1.75. The number of aromatic hydroxyl groups is 1. The zero-order valence-corrected chi connectivity index (χ0v) is 9.85. The molecule has 2 aromatic carbocycles. The maximum atomic E-state index is 9.39. The van der Waals surface area contributed by atoms with E-state index in [-0.39, 0.29) is 5.75 Å². The van der Waals surface area contributed by atoms with E-state index >= 15 is 0 Å². The minimum Gasteiger partial charge on any atom is -0.508 e. The van der Waals surface area contributed by atoms with Crippen LogP contribution >= 0.6 is 0 Å². The van der Waals surface area contributed by atoms with Gasteiger partial charge in [-0.3, -0.25) is 0 Å². The zero-order valence-electron chi connectivity index (χ0n) is 9.85. The van der Waals surface area contributed by atoms with Crippen molar-refractivity contribution in [1.82, 2.24) is 0 Å². The molecule has 0 amide bonds. The van der Waals surface area contributed by atoms with Crippen molar-refractivity contribution in [3.05, 3.63) is 42.0 Å². The van der Waals surface area contributed by atoms with Crippen LogP contribution in [0.25, 0.3) is 0 Å². The largest absolute Gasteiger partial charge is 0.508 e. The van der Waals surface area contributed by atoms with Crippen molar-refractivity contribution in [2.75, 3.05) is 22.5 Å². The molecule has 0 aliphatic heterocycles. The molecule has 0 atom stereocenters. The Kier molecular flexibility index (Phi) is 3.14. The molecule has 8 N–H and O–H groups in total. The molecule has 0 bridgehead atoms. The Balaban J connectivity index is 2.16. The van der Waals surface area contributed by atoms with Crippen molar-refractivity contribution in [2.24, 2.45) is 0 Å². The molecule has 5 nitrogen and oxygen atoms in total. The lowest BCUT2D eigenvalue weighted by Gasteiger charge is -2.11. The Morgan fingerprint density at radius 3 is 2.44 bits per heavy atom. The molecule has 0 heterocycles. The molecule has 0 aromatic heterocycles. The minimum absolute atomic E-state index is 0.159. The molecule has 0 fully saturated rings. The maximum Gasteiger partial charge on any atom is 0.117 e. The zero-order chi connectivity index (χ0) is 13.1. The van der Waals surface area contributed by atoms with Gasteiger partial charge < -0.3 is 27.6 Å². The Bertz CT molecular complexity index is 517. The first-order valence-corrected chi connectivity index (χ1v) is 5.52. The summed E-state index contributed by atoms with van der Waals surface area (Å²) in [7, 11) is 0. The molecule has 2 aromatic rings. The average Bonchev–Trinajstić information content (AvgIpc) is 2.34. The number of benzene rings is 2. The van der Waals surface area contributed by atoms with E-state index in [1.165, 1.54) is 6.07 Å². The van der Waals surface area contributed by atoms with E-state index < -0.39 is 0 Å². The van der Waals surface area contributed by atoms with Gasteiger partial charge in [0.2, 0.25) is 0 Å². The number of hydrogen-bond acceptors (Lipinski definition) is 5. The van der Waals surface area contributed by atoms with Gasteiger partial charge in [0.1, 0.15) is 5.75 Å². The van der Waals surface area contributed by atoms with E-state index in [0.29, 0.717) is 29.3 Å². The summed E-state index contributed by atoms with van der Waals surface area (Å²) in [5.74, 6) is 0.159. The molecule has 0 radical (unpaired) electrons. The van der Waals surface area contributed by atoms with Crippen molar-refractivity contribution in [3.63, 3.8) is 0 Å². The first kappa shape index (κ1) is 11.9. The van der Waals surface area contributed by atoms with Crippen LogP contribution in [0.1, 0.15) is 5.56 Å². The molecular formula is C13H16N4O. The lowest BCUT2D eigenvalue weighted by atomic mass is 10.1. The van der Waals surface area contributed by atoms with Gasteiger partial charge >= 0.3 is 0 Å². The van der Waals surface area contributed by atoms with Crippen LogP contribution in [0.3, 0.4) is 0 Å². The lowest BCUT2D eigenvalue weighted by Crippen LogP contribution is -2.05. The third-order valence-electron chi connectivity index (χ3n) is 2.67. The van der Waals surface area contributed by atoms with Crippen LogP contribution in [0.4, 0.5) is 22.7 Å². The summed E-state index contributed by atoms with van der Waals surface area (Å²) in [4.78, 5) is 0. The minimum atomic E-state index is 0.159. The van der Waals surface area contributed by atoms with Crippen molar-refractivity contribution in [2.45, 2.75) is 6.54 Å². The monoisotopic (exact) mass is 244 g/mol. The topological polar surface area (TPSA) is 110 Å². The Morgan fingerprint density at radius 1 is 0.944 bits per heavy atom. The second-order valence-electron chi connectivity index (χ2n) is 4.08. The number of phenolic OH excluding ortho intramolecular Hbond substituents is 1. The third-order valence-corrected chi connectivity index (χ3v) is 2.67. The van der Waals surface area contributed by atoms with Gasteiger partial charge in [0.25, 0.3) is 0 Å². The summed E-state index contributed by atoms with van der Waals surface area (Å²) in [5, 5.41) is 12.5. The molecule has 0 saturated carbocycles. The van der Waals surface area contributed by atoms with Gasteiger partial charge in [-0.1, -0.05) is 0 Å². The molecule has 0 spiro atoms. The molecule has 2 rings (SSSR count). The first-order valence-electron chi connectivity index (χ1n) is 5.52. The van der Waals surface area contributed by atoms with Gasteiger partial charge in [-0.05, 0) is 35.9 Å². The maximum absolute atomic E-state index is 9.39. The molecule has 0 aliphatic rings. The second-order valence-corrected chi connectivity index (χ2v) is 4.08. The smallest absolute Gasteiger partial charge is 0.117 e. The highest BCUT2D eigenvalue weighted by Gasteiger charge is 2.03. The first-order chi connectivity index (χ1) is 8.56. The Hall–Kier alpha value is -2.56. The van der Waals surface area contributed by atoms with Gasteiger partial charge in [-0.2, -0.15) is 0 Å². The van der Waals surface area contributed by atoms with Crippen LogP contribution in [0.15, 0.2) is 36.4 Å². The lowest BCUT2D eigenvalue weighted by molar-refractivity contribution is 0.475. The summed E-state index contributed by atoms with van der Waals surface area (Å²) in [6.07, 6.45) is 0. The summed E-state index contributed by atoms with van der Waals surface area (Å²) in [6, 6.07) is 10.1. The summed E-state index contributed by atoms with van der Waals surface area (Å²) < 4.78 is 0. The molecule has 18 heavy (non-hydrogen) atoms. The fraction of sp³-hybridized carbons (Fsp3) is 0.0769. The van der Waals surface area contributed by atoms with Crippen LogP contribution in [-0.4, -0.2) is 5.11 Å². The predicted molar refractivity (Wildman–Crippen MR) is 75.1 cm³/mol. The SMILES string of the molecule is Nc1ccc(N)c(CNc2cc(O)ccc2N)c1. The van der Waals surface area contributed by atoms with Crippen molar-refractivity contribution >= 4 is 22.7 Å². The van der Waals surface area contributed by atoms with Crippen LogP contribution in [0, 0.1) is 0 Å². The van der Waals surface area contributed by atoms with E-state index in [1.54, 1.807) is 30.3 Å². The number of hydrogen-bond donors (Lipinski definition) is 5. The molecule has 0 saturated heterocycles. The van der Waals surface area contributed by atoms with Gasteiger partial charge in [0.05, 0.1) is 11.4 Å². The van der Waals surface area contributed by atoms with Gasteiger partial charge in [0, 0.05) is 24.0 Å². The van der Waals surface area contributed by atoms with E-state index in [4.69, 9.17) is 17.2 Å². The highest BCUT2D eigenvalue weighted by molar-refractivity contribution is 5.68. The van der Waals surface area contributed by atoms with Gasteiger partial charge in [-0.25, -0.2) is 0 Å². The normalized spacial score (nSPS) is 10.2.